The highest BCUT2D eigenvalue weighted by atomic mass is 16.2. The first kappa shape index (κ1) is 22.5. The van der Waals surface area contributed by atoms with Gasteiger partial charge in [-0.25, -0.2) is 15.0 Å². The number of carbonyl (C=O) groups excluding carboxylic acids is 1. The van der Waals surface area contributed by atoms with Gasteiger partial charge in [0, 0.05) is 55.1 Å². The summed E-state index contributed by atoms with van der Waals surface area (Å²) in [4.78, 5) is 30.7. The first-order valence-corrected chi connectivity index (χ1v) is 13.3. The lowest BCUT2D eigenvalue weighted by Crippen LogP contribution is -2.61. The Bertz CT molecular complexity index is 1480. The molecule has 8 heteroatoms. The molecule has 2 saturated heterocycles. The molecule has 4 aromatic rings. The number of hydrogen-bond donors (Lipinski definition) is 1. The predicted octanol–water partition coefficient (Wildman–Crippen LogP) is 3.88. The number of benzene rings is 1. The third-order valence-corrected chi connectivity index (χ3v) is 8.72. The molecule has 0 bridgehead atoms. The molecule has 5 heterocycles. The van der Waals surface area contributed by atoms with Gasteiger partial charge in [0.15, 0.2) is 5.65 Å². The Kier molecular flexibility index (Phi) is 5.32. The molecule has 188 valence electrons. The Labute approximate surface area is 216 Å². The maximum atomic E-state index is 13.0. The van der Waals surface area contributed by atoms with Crippen LogP contribution >= 0.6 is 0 Å². The van der Waals surface area contributed by atoms with E-state index in [1.54, 1.807) is 12.5 Å². The van der Waals surface area contributed by atoms with Crippen LogP contribution in [0.3, 0.4) is 0 Å². The molecule has 0 radical (unpaired) electrons. The Morgan fingerprint density at radius 1 is 1.11 bits per heavy atom. The summed E-state index contributed by atoms with van der Waals surface area (Å²) in [6.45, 7) is 5.99. The number of H-pyrrole nitrogens is 1. The largest absolute Gasteiger partial charge is 0.342 e. The van der Waals surface area contributed by atoms with Crippen molar-refractivity contribution in [3.05, 3.63) is 71.4 Å². The molecule has 1 N–H and O–H groups in total. The minimum Gasteiger partial charge on any atom is -0.342 e. The van der Waals surface area contributed by atoms with Gasteiger partial charge >= 0.3 is 0 Å². The standard InChI is InChI=1S/C29H31N7O/c1-19-13-24(32-18-31-19)21-4-6-22-20(14-21)5-7-26(22)36-16-29(17-36)8-11-35(12-9-29)27(37)15-25-23-3-2-10-30-28(23)34-33-25/h2-4,6,10,13-14,18,26H,5,7-9,11-12,15-17H2,1H3,(H,30,33,34)/t26-/m1/s1. The van der Waals surface area contributed by atoms with Crippen molar-refractivity contribution in [3.8, 4) is 11.3 Å². The number of aromatic amines is 1. The third kappa shape index (κ3) is 4.00. The van der Waals surface area contributed by atoms with Gasteiger partial charge < -0.3 is 4.90 Å². The van der Waals surface area contributed by atoms with Gasteiger partial charge in [0.05, 0.1) is 17.8 Å². The van der Waals surface area contributed by atoms with E-state index in [1.165, 1.54) is 23.1 Å². The molecule has 1 amide bonds. The Morgan fingerprint density at radius 2 is 1.97 bits per heavy atom. The predicted molar refractivity (Wildman–Crippen MR) is 141 cm³/mol. The number of aryl methyl sites for hydroxylation is 2. The SMILES string of the molecule is Cc1cc(-c2ccc3c(c2)CC[C@H]3N2CC3(CCN(C(=O)Cc4[nH]nc5ncccc45)CC3)C2)ncn1. The number of hydrogen-bond acceptors (Lipinski definition) is 6. The summed E-state index contributed by atoms with van der Waals surface area (Å²) in [5.74, 6) is 0.180. The number of likely N-dealkylation sites (tertiary alicyclic amines) is 2. The van der Waals surface area contributed by atoms with Crippen molar-refractivity contribution in [1.29, 1.82) is 0 Å². The number of pyridine rings is 1. The molecule has 1 aromatic carbocycles. The van der Waals surface area contributed by atoms with Gasteiger partial charge in [0.2, 0.25) is 5.91 Å². The summed E-state index contributed by atoms with van der Waals surface area (Å²) >= 11 is 0. The van der Waals surface area contributed by atoms with Crippen LogP contribution in [-0.2, 0) is 17.6 Å². The first-order valence-electron chi connectivity index (χ1n) is 13.3. The molecule has 1 atom stereocenters. The number of piperidine rings is 1. The van der Waals surface area contributed by atoms with E-state index in [-0.39, 0.29) is 5.91 Å². The van der Waals surface area contributed by atoms with Crippen LogP contribution in [0.4, 0.5) is 0 Å². The van der Waals surface area contributed by atoms with E-state index < -0.39 is 0 Å². The Hall–Kier alpha value is -3.65. The Balaban J connectivity index is 0.963. The molecule has 7 rings (SSSR count). The van der Waals surface area contributed by atoms with Crippen LogP contribution in [-0.4, -0.2) is 67.0 Å². The third-order valence-electron chi connectivity index (χ3n) is 8.72. The first-order chi connectivity index (χ1) is 18.1. The number of rotatable bonds is 4. The van der Waals surface area contributed by atoms with Crippen molar-refractivity contribution in [2.24, 2.45) is 5.41 Å². The van der Waals surface area contributed by atoms with Gasteiger partial charge in [0.25, 0.3) is 0 Å². The summed E-state index contributed by atoms with van der Waals surface area (Å²) < 4.78 is 0. The highest BCUT2D eigenvalue weighted by molar-refractivity contribution is 5.85. The quantitative estimate of drug-likeness (QED) is 0.464. The molecular weight excluding hydrogens is 462 g/mol. The van der Waals surface area contributed by atoms with Crippen LogP contribution in [0.1, 0.15) is 47.8 Å². The van der Waals surface area contributed by atoms with E-state index in [9.17, 15) is 4.79 Å². The van der Waals surface area contributed by atoms with Crippen molar-refractivity contribution >= 4 is 16.9 Å². The fourth-order valence-corrected chi connectivity index (χ4v) is 6.63. The maximum absolute atomic E-state index is 13.0. The molecule has 1 spiro atoms. The number of carbonyl (C=O) groups is 1. The van der Waals surface area contributed by atoms with Crippen molar-refractivity contribution in [1.82, 2.24) is 34.9 Å². The van der Waals surface area contributed by atoms with E-state index in [0.29, 0.717) is 23.5 Å². The lowest BCUT2D eigenvalue weighted by Gasteiger charge is -2.56. The van der Waals surface area contributed by atoms with E-state index in [2.05, 4.69) is 54.3 Å². The molecular formula is C29H31N7O. The minimum absolute atomic E-state index is 0.180. The zero-order chi connectivity index (χ0) is 25.0. The average Bonchev–Trinajstić information content (AvgIpc) is 3.51. The number of aromatic nitrogens is 5. The zero-order valence-electron chi connectivity index (χ0n) is 21.2. The summed E-state index contributed by atoms with van der Waals surface area (Å²) in [5, 5.41) is 8.18. The van der Waals surface area contributed by atoms with Gasteiger partial charge in [-0.15, -0.1) is 0 Å². The molecule has 0 unspecified atom stereocenters. The molecule has 3 aliphatic rings. The van der Waals surface area contributed by atoms with Crippen LogP contribution in [0.2, 0.25) is 0 Å². The van der Waals surface area contributed by atoms with Crippen molar-refractivity contribution in [3.63, 3.8) is 0 Å². The second kappa shape index (κ2) is 8.73. The van der Waals surface area contributed by atoms with Crippen LogP contribution in [0.15, 0.2) is 48.9 Å². The maximum Gasteiger partial charge on any atom is 0.228 e. The average molecular weight is 494 g/mol. The monoisotopic (exact) mass is 493 g/mol. The minimum atomic E-state index is 0.180. The second-order valence-electron chi connectivity index (χ2n) is 11.1. The molecule has 37 heavy (non-hydrogen) atoms. The number of nitrogens with one attached hydrogen (secondary N) is 1. The molecule has 2 aliphatic heterocycles. The fourth-order valence-electron chi connectivity index (χ4n) is 6.63. The van der Waals surface area contributed by atoms with Gasteiger partial charge in [-0.3, -0.25) is 14.8 Å². The Morgan fingerprint density at radius 3 is 2.81 bits per heavy atom. The molecule has 1 aliphatic carbocycles. The van der Waals surface area contributed by atoms with Gasteiger partial charge in [-0.2, -0.15) is 5.10 Å². The van der Waals surface area contributed by atoms with Crippen LogP contribution in [0, 0.1) is 12.3 Å². The summed E-state index contributed by atoms with van der Waals surface area (Å²) in [6.07, 6.45) is 8.23. The van der Waals surface area contributed by atoms with Crippen molar-refractivity contribution < 1.29 is 4.79 Å². The van der Waals surface area contributed by atoms with Crippen molar-refractivity contribution in [2.75, 3.05) is 26.2 Å². The number of amides is 1. The lowest BCUT2D eigenvalue weighted by molar-refractivity contribution is -0.136. The van der Waals surface area contributed by atoms with E-state index in [1.807, 2.05) is 24.0 Å². The van der Waals surface area contributed by atoms with Crippen LogP contribution in [0.25, 0.3) is 22.3 Å². The summed E-state index contributed by atoms with van der Waals surface area (Å²) in [7, 11) is 0. The topological polar surface area (TPSA) is 90.9 Å². The summed E-state index contributed by atoms with van der Waals surface area (Å²) in [5.41, 5.74) is 8.02. The molecule has 3 aromatic heterocycles. The fraction of sp³-hybridized carbons (Fsp3) is 0.414. The normalized spacial score (nSPS) is 20.8. The van der Waals surface area contributed by atoms with Crippen molar-refractivity contribution in [2.45, 2.75) is 45.1 Å². The number of fused-ring (bicyclic) bond motifs is 2. The van der Waals surface area contributed by atoms with Crippen LogP contribution < -0.4 is 0 Å². The van der Waals surface area contributed by atoms with E-state index in [4.69, 9.17) is 0 Å². The second-order valence-corrected chi connectivity index (χ2v) is 11.1. The van der Waals surface area contributed by atoms with E-state index >= 15 is 0 Å². The highest BCUT2D eigenvalue weighted by Gasteiger charge is 2.48. The highest BCUT2D eigenvalue weighted by Crippen LogP contribution is 2.48. The zero-order valence-corrected chi connectivity index (χ0v) is 21.2. The van der Waals surface area contributed by atoms with Gasteiger partial charge in [-0.05, 0) is 73.4 Å². The van der Waals surface area contributed by atoms with E-state index in [0.717, 1.165) is 67.9 Å². The van der Waals surface area contributed by atoms with Gasteiger partial charge in [-0.1, -0.05) is 12.1 Å². The molecule has 0 saturated carbocycles. The molecule has 8 nitrogen and oxygen atoms in total. The summed E-state index contributed by atoms with van der Waals surface area (Å²) in [6, 6.07) is 13.3. The lowest BCUT2D eigenvalue weighted by atomic mass is 9.71. The number of nitrogens with zero attached hydrogens (tertiary/aromatic N) is 6. The molecule has 2 fully saturated rings. The van der Waals surface area contributed by atoms with Gasteiger partial charge in [0.1, 0.15) is 6.33 Å². The smallest absolute Gasteiger partial charge is 0.228 e. The van der Waals surface area contributed by atoms with Crippen LogP contribution in [0.5, 0.6) is 0 Å².